The number of aromatic nitrogens is 1. The van der Waals surface area contributed by atoms with Crippen LogP contribution in [0.1, 0.15) is 13.8 Å². The summed E-state index contributed by atoms with van der Waals surface area (Å²) in [5.41, 5.74) is 5.33. The largest absolute Gasteiger partial charge is 0.394 e. The summed E-state index contributed by atoms with van der Waals surface area (Å²) in [6.07, 6.45) is 0. The van der Waals surface area contributed by atoms with E-state index in [9.17, 15) is 10.1 Å². The van der Waals surface area contributed by atoms with E-state index in [0.29, 0.717) is 0 Å². The summed E-state index contributed by atoms with van der Waals surface area (Å²) in [5, 5.41) is 22.8. The molecule has 0 fully saturated rings. The molecule has 0 radical (unpaired) electrons. The Hall–Kier alpha value is -1.89. The highest BCUT2D eigenvalue weighted by Crippen LogP contribution is 2.24. The molecule has 0 aliphatic heterocycles. The molecule has 0 aliphatic rings. The predicted octanol–water partition coefficient (Wildman–Crippen LogP) is 1.00. The maximum Gasteiger partial charge on any atom is 0.311 e. The lowest BCUT2D eigenvalue weighted by Crippen LogP contribution is -2.30. The third-order valence-electron chi connectivity index (χ3n) is 2.42. The van der Waals surface area contributed by atoms with Gasteiger partial charge in [0.05, 0.1) is 17.6 Å². The molecule has 7 heteroatoms. The van der Waals surface area contributed by atoms with Crippen molar-refractivity contribution in [2.75, 3.05) is 17.7 Å². The Morgan fingerprint density at radius 1 is 1.59 bits per heavy atom. The predicted molar refractivity (Wildman–Crippen MR) is 64.6 cm³/mol. The lowest BCUT2D eigenvalue weighted by atomic mass is 10.1. The highest BCUT2D eigenvalue weighted by Gasteiger charge is 2.20. The average Bonchev–Trinajstić information content (AvgIpc) is 2.25. The van der Waals surface area contributed by atoms with Gasteiger partial charge in [0.2, 0.25) is 5.82 Å². The lowest BCUT2D eigenvalue weighted by Gasteiger charge is -2.20. The van der Waals surface area contributed by atoms with Crippen molar-refractivity contribution in [2.45, 2.75) is 19.9 Å². The van der Waals surface area contributed by atoms with Crippen LogP contribution < -0.4 is 11.1 Å². The SMILES string of the molecule is CC(C)[C@@H](CO)Nc1nc(N)ccc1[N+](=O)[O-]. The Labute approximate surface area is 98.8 Å². The van der Waals surface area contributed by atoms with Crippen molar-refractivity contribution in [3.8, 4) is 0 Å². The molecule has 1 heterocycles. The monoisotopic (exact) mass is 240 g/mol. The Kier molecular flexibility index (Phi) is 4.22. The second-order valence-electron chi connectivity index (χ2n) is 4.04. The minimum Gasteiger partial charge on any atom is -0.394 e. The van der Waals surface area contributed by atoms with Crippen LogP contribution in [-0.2, 0) is 0 Å². The summed E-state index contributed by atoms with van der Waals surface area (Å²) in [7, 11) is 0. The van der Waals surface area contributed by atoms with Gasteiger partial charge in [-0.3, -0.25) is 10.1 Å². The summed E-state index contributed by atoms with van der Waals surface area (Å²) < 4.78 is 0. The van der Waals surface area contributed by atoms with Crippen molar-refractivity contribution >= 4 is 17.3 Å². The summed E-state index contributed by atoms with van der Waals surface area (Å²) in [5.74, 6) is 0.393. The molecule has 0 saturated heterocycles. The fourth-order valence-corrected chi connectivity index (χ4v) is 1.32. The number of aliphatic hydroxyl groups excluding tert-OH is 1. The van der Waals surface area contributed by atoms with E-state index in [2.05, 4.69) is 10.3 Å². The lowest BCUT2D eigenvalue weighted by molar-refractivity contribution is -0.384. The quantitative estimate of drug-likeness (QED) is 0.522. The van der Waals surface area contributed by atoms with E-state index in [1.165, 1.54) is 12.1 Å². The van der Waals surface area contributed by atoms with Crippen molar-refractivity contribution in [3.05, 3.63) is 22.2 Å². The van der Waals surface area contributed by atoms with E-state index in [4.69, 9.17) is 10.8 Å². The van der Waals surface area contributed by atoms with Crippen LogP contribution >= 0.6 is 0 Å². The Morgan fingerprint density at radius 3 is 2.71 bits per heavy atom. The third kappa shape index (κ3) is 3.28. The molecule has 17 heavy (non-hydrogen) atoms. The molecule has 0 unspecified atom stereocenters. The van der Waals surface area contributed by atoms with Crippen LogP contribution in [0.2, 0.25) is 0 Å². The second kappa shape index (κ2) is 5.44. The second-order valence-corrected chi connectivity index (χ2v) is 4.04. The first-order valence-electron chi connectivity index (χ1n) is 5.24. The maximum absolute atomic E-state index is 10.8. The van der Waals surface area contributed by atoms with Crippen LogP contribution in [0.5, 0.6) is 0 Å². The Balaban J connectivity index is 3.03. The topological polar surface area (TPSA) is 114 Å². The highest BCUT2D eigenvalue weighted by atomic mass is 16.6. The summed E-state index contributed by atoms with van der Waals surface area (Å²) >= 11 is 0. The maximum atomic E-state index is 10.8. The third-order valence-corrected chi connectivity index (χ3v) is 2.42. The van der Waals surface area contributed by atoms with Gasteiger partial charge < -0.3 is 16.2 Å². The molecular formula is C10H16N4O3. The number of nitrogens with two attached hydrogens (primary N) is 1. The van der Waals surface area contributed by atoms with E-state index >= 15 is 0 Å². The van der Waals surface area contributed by atoms with Gasteiger partial charge in [-0.15, -0.1) is 0 Å². The Morgan fingerprint density at radius 2 is 2.24 bits per heavy atom. The van der Waals surface area contributed by atoms with E-state index in [0.717, 1.165) is 0 Å². The van der Waals surface area contributed by atoms with Gasteiger partial charge >= 0.3 is 5.69 Å². The molecule has 0 spiro atoms. The molecule has 1 aromatic rings. The standard InChI is InChI=1S/C10H16N4O3/c1-6(2)7(5-15)12-10-8(14(16)17)3-4-9(11)13-10/h3-4,6-7,15H,5H2,1-2H3,(H3,11,12,13)/t7-/m1/s1. The van der Waals surface area contributed by atoms with Crippen molar-refractivity contribution < 1.29 is 10.0 Å². The molecular weight excluding hydrogens is 224 g/mol. The summed E-state index contributed by atoms with van der Waals surface area (Å²) in [6, 6.07) is 2.36. The molecule has 1 rings (SSSR count). The first-order valence-corrected chi connectivity index (χ1v) is 5.24. The number of nitrogen functional groups attached to an aromatic ring is 1. The average molecular weight is 240 g/mol. The van der Waals surface area contributed by atoms with Crippen molar-refractivity contribution in [1.29, 1.82) is 0 Å². The van der Waals surface area contributed by atoms with Crippen LogP contribution in [-0.4, -0.2) is 27.7 Å². The van der Waals surface area contributed by atoms with Gasteiger partial charge in [0.1, 0.15) is 5.82 Å². The van der Waals surface area contributed by atoms with E-state index in [-0.39, 0.29) is 35.9 Å². The van der Waals surface area contributed by atoms with Gasteiger partial charge in [0, 0.05) is 6.07 Å². The smallest absolute Gasteiger partial charge is 0.311 e. The summed E-state index contributed by atoms with van der Waals surface area (Å²) in [6.45, 7) is 3.66. The molecule has 94 valence electrons. The number of nitro groups is 1. The van der Waals surface area contributed by atoms with Crippen molar-refractivity contribution in [2.24, 2.45) is 5.92 Å². The normalized spacial score (nSPS) is 12.5. The van der Waals surface area contributed by atoms with Crippen LogP contribution in [0, 0.1) is 16.0 Å². The van der Waals surface area contributed by atoms with E-state index < -0.39 is 4.92 Å². The van der Waals surface area contributed by atoms with Gasteiger partial charge in [-0.2, -0.15) is 0 Å². The number of hydrogen-bond acceptors (Lipinski definition) is 6. The van der Waals surface area contributed by atoms with Crippen LogP contribution in [0.15, 0.2) is 12.1 Å². The molecule has 1 atom stereocenters. The first kappa shape index (κ1) is 13.2. The number of nitrogens with zero attached hydrogens (tertiary/aromatic N) is 2. The molecule has 1 aromatic heterocycles. The number of anilines is 2. The van der Waals surface area contributed by atoms with Crippen molar-refractivity contribution in [3.63, 3.8) is 0 Å². The Bertz CT molecular complexity index is 409. The van der Waals surface area contributed by atoms with E-state index in [1.54, 1.807) is 0 Å². The highest BCUT2D eigenvalue weighted by molar-refractivity contribution is 5.59. The zero-order chi connectivity index (χ0) is 13.0. The van der Waals surface area contributed by atoms with Crippen LogP contribution in [0.25, 0.3) is 0 Å². The first-order chi connectivity index (χ1) is 7.95. The molecule has 0 bridgehead atoms. The number of nitrogens with one attached hydrogen (secondary N) is 1. The minimum absolute atomic E-state index is 0.0859. The zero-order valence-electron chi connectivity index (χ0n) is 9.75. The molecule has 0 aliphatic carbocycles. The van der Waals surface area contributed by atoms with Gasteiger partial charge in [-0.05, 0) is 12.0 Å². The molecule has 0 aromatic carbocycles. The van der Waals surface area contributed by atoms with Gasteiger partial charge in [-0.1, -0.05) is 13.8 Å². The number of pyridine rings is 1. The molecule has 0 amide bonds. The fourth-order valence-electron chi connectivity index (χ4n) is 1.32. The van der Waals surface area contributed by atoms with Crippen LogP contribution in [0.3, 0.4) is 0 Å². The van der Waals surface area contributed by atoms with Crippen molar-refractivity contribution in [1.82, 2.24) is 4.98 Å². The molecule has 0 saturated carbocycles. The minimum atomic E-state index is -0.538. The van der Waals surface area contributed by atoms with Gasteiger partial charge in [-0.25, -0.2) is 4.98 Å². The van der Waals surface area contributed by atoms with Gasteiger partial charge in [0.25, 0.3) is 0 Å². The number of aliphatic hydroxyl groups is 1. The molecule has 4 N–H and O–H groups in total. The van der Waals surface area contributed by atoms with E-state index in [1.807, 2.05) is 13.8 Å². The van der Waals surface area contributed by atoms with Crippen LogP contribution in [0.4, 0.5) is 17.3 Å². The molecule has 7 nitrogen and oxygen atoms in total. The number of hydrogen-bond donors (Lipinski definition) is 3. The fraction of sp³-hybridized carbons (Fsp3) is 0.500. The number of rotatable bonds is 5. The summed E-state index contributed by atoms with van der Waals surface area (Å²) in [4.78, 5) is 14.1. The van der Waals surface area contributed by atoms with Gasteiger partial charge in [0.15, 0.2) is 0 Å². The zero-order valence-corrected chi connectivity index (χ0v) is 9.75.